The molecular formula is C64H46N2. The maximum atomic E-state index is 5.44. The summed E-state index contributed by atoms with van der Waals surface area (Å²) < 4.78 is 0. The Morgan fingerprint density at radius 2 is 0.727 bits per heavy atom. The first-order chi connectivity index (χ1) is 32.2. The van der Waals surface area contributed by atoms with Gasteiger partial charge in [-0.3, -0.25) is 0 Å². The fraction of sp³-hybridized carbons (Fsp3) is 0.0938. The summed E-state index contributed by atoms with van der Waals surface area (Å²) in [4.78, 5) is 10.8. The van der Waals surface area contributed by atoms with Crippen molar-refractivity contribution >= 4 is 32.6 Å². The molecule has 0 radical (unpaired) electrons. The molecule has 10 aromatic carbocycles. The van der Waals surface area contributed by atoms with Crippen molar-refractivity contribution in [3.05, 3.63) is 229 Å². The quantitative estimate of drug-likeness (QED) is 0.161. The summed E-state index contributed by atoms with van der Waals surface area (Å²) in [6.07, 6.45) is 0. The molecule has 1 aromatic heterocycles. The summed E-state index contributed by atoms with van der Waals surface area (Å²) in [5.74, 6) is 0. The topological polar surface area (TPSA) is 25.8 Å². The van der Waals surface area contributed by atoms with Crippen molar-refractivity contribution in [3.63, 3.8) is 0 Å². The van der Waals surface area contributed by atoms with Crippen LogP contribution in [0.4, 0.5) is 0 Å². The fourth-order valence-corrected chi connectivity index (χ4v) is 11.5. The van der Waals surface area contributed by atoms with E-state index >= 15 is 0 Å². The van der Waals surface area contributed by atoms with Gasteiger partial charge in [0.05, 0.1) is 22.4 Å². The molecule has 0 unspecified atom stereocenters. The summed E-state index contributed by atoms with van der Waals surface area (Å²) in [5, 5.41) is 4.87. The van der Waals surface area contributed by atoms with Crippen LogP contribution in [0.15, 0.2) is 206 Å². The van der Waals surface area contributed by atoms with Crippen LogP contribution in [0.1, 0.15) is 49.9 Å². The fourth-order valence-electron chi connectivity index (χ4n) is 11.5. The Bertz CT molecular complexity index is 3800. The normalized spacial score (nSPS) is 14.0. The highest BCUT2D eigenvalue weighted by Crippen LogP contribution is 2.53. The number of aromatic nitrogens is 2. The molecule has 2 nitrogen and oxygen atoms in total. The smallest absolute Gasteiger partial charge is 0.0973 e. The van der Waals surface area contributed by atoms with Crippen molar-refractivity contribution < 1.29 is 0 Å². The lowest BCUT2D eigenvalue weighted by Crippen LogP contribution is -2.14. The van der Waals surface area contributed by atoms with Gasteiger partial charge in [-0.15, -0.1) is 0 Å². The first-order valence-corrected chi connectivity index (χ1v) is 23.1. The van der Waals surface area contributed by atoms with Crippen molar-refractivity contribution in [2.24, 2.45) is 0 Å². The number of rotatable bonds is 5. The molecule has 0 saturated heterocycles. The van der Waals surface area contributed by atoms with E-state index < -0.39 is 0 Å². The third kappa shape index (κ3) is 5.67. The monoisotopic (exact) mass is 842 g/mol. The van der Waals surface area contributed by atoms with Gasteiger partial charge in [0.1, 0.15) is 0 Å². The van der Waals surface area contributed by atoms with E-state index in [9.17, 15) is 0 Å². The van der Waals surface area contributed by atoms with Crippen LogP contribution >= 0.6 is 0 Å². The van der Waals surface area contributed by atoms with Gasteiger partial charge in [-0.2, -0.15) is 0 Å². The summed E-state index contributed by atoms with van der Waals surface area (Å²) >= 11 is 0. The van der Waals surface area contributed by atoms with E-state index in [1.807, 2.05) is 6.07 Å². The predicted octanol–water partition coefficient (Wildman–Crippen LogP) is 16.9. The largest absolute Gasteiger partial charge is 0.244 e. The molecule has 0 bridgehead atoms. The van der Waals surface area contributed by atoms with E-state index in [0.717, 1.165) is 39.1 Å². The van der Waals surface area contributed by atoms with Gasteiger partial charge in [-0.1, -0.05) is 204 Å². The SMILES string of the molecule is CC1(C)c2ccccc2-c2cc(-c3c4ccccc4c(-c4ccc5nc(-c6ccccc6)c(-c6ccccc6)nc5c4)c4ccc(-c5ccc6c(c5)C(C)(C)c5ccccc5-6)cc34)ccc21. The molecule has 2 heteroatoms. The Morgan fingerprint density at radius 3 is 1.41 bits per heavy atom. The van der Waals surface area contributed by atoms with Gasteiger partial charge in [0, 0.05) is 22.0 Å². The standard InChI is InChI=1S/C64H46N2/c1-63(2)54-26-16-14-22-46(54)51-36-43(29-33-55(51)63)60-49-24-12-11-23-48(49)59(44-30-34-57-58(38-44)66-62(40-19-9-6-10-20-40)61(65-57)39-17-7-5-8-18-39)50-32-28-41(35-52(50)60)42-27-31-47-45-21-13-15-25-53(45)64(3,4)56(47)37-42/h5-38H,1-4H3. The highest BCUT2D eigenvalue weighted by Gasteiger charge is 2.37. The molecule has 11 aromatic rings. The van der Waals surface area contributed by atoms with E-state index in [0.29, 0.717) is 0 Å². The Balaban J connectivity index is 1.07. The number of nitrogens with zero attached hydrogens (tertiary/aromatic N) is 2. The minimum absolute atomic E-state index is 0.0756. The summed E-state index contributed by atoms with van der Waals surface area (Å²) in [7, 11) is 0. The number of fused-ring (bicyclic) bond motifs is 9. The zero-order valence-electron chi connectivity index (χ0n) is 37.5. The average molecular weight is 843 g/mol. The van der Waals surface area contributed by atoms with Crippen LogP contribution in [0.2, 0.25) is 0 Å². The summed E-state index contributed by atoms with van der Waals surface area (Å²) in [6.45, 7) is 9.45. The molecule has 2 aliphatic rings. The lowest BCUT2D eigenvalue weighted by Gasteiger charge is -2.23. The number of hydrogen-bond acceptors (Lipinski definition) is 2. The van der Waals surface area contributed by atoms with E-state index in [1.54, 1.807) is 0 Å². The maximum absolute atomic E-state index is 5.44. The lowest BCUT2D eigenvalue weighted by molar-refractivity contribution is 0.660. The molecule has 0 saturated carbocycles. The number of hydrogen-bond donors (Lipinski definition) is 0. The second-order valence-corrected chi connectivity index (χ2v) is 19.3. The van der Waals surface area contributed by atoms with Gasteiger partial charge >= 0.3 is 0 Å². The van der Waals surface area contributed by atoms with Crippen molar-refractivity contribution in [2.45, 2.75) is 38.5 Å². The van der Waals surface area contributed by atoms with Gasteiger partial charge in [-0.25, -0.2) is 9.97 Å². The molecule has 2 aliphatic carbocycles. The van der Waals surface area contributed by atoms with Gasteiger partial charge in [0.2, 0.25) is 0 Å². The van der Waals surface area contributed by atoms with Gasteiger partial charge in [0.25, 0.3) is 0 Å². The van der Waals surface area contributed by atoms with Crippen LogP contribution in [0, 0.1) is 0 Å². The zero-order chi connectivity index (χ0) is 44.3. The van der Waals surface area contributed by atoms with Gasteiger partial charge < -0.3 is 0 Å². The molecule has 0 fully saturated rings. The van der Waals surface area contributed by atoms with E-state index in [2.05, 4.69) is 228 Å². The molecule has 66 heavy (non-hydrogen) atoms. The Morgan fingerprint density at radius 1 is 0.273 bits per heavy atom. The second-order valence-electron chi connectivity index (χ2n) is 19.3. The van der Waals surface area contributed by atoms with Crippen LogP contribution in [0.25, 0.3) is 111 Å². The maximum Gasteiger partial charge on any atom is 0.0973 e. The highest BCUT2D eigenvalue weighted by molar-refractivity contribution is 6.22. The Labute approximate surface area is 385 Å². The first-order valence-electron chi connectivity index (χ1n) is 23.1. The van der Waals surface area contributed by atoms with Crippen LogP contribution < -0.4 is 0 Å². The van der Waals surface area contributed by atoms with Crippen molar-refractivity contribution in [1.82, 2.24) is 9.97 Å². The van der Waals surface area contributed by atoms with Gasteiger partial charge in [-0.05, 0) is 130 Å². The minimum atomic E-state index is -0.0942. The second kappa shape index (κ2) is 14.3. The molecule has 0 aliphatic heterocycles. The first kappa shape index (κ1) is 38.5. The molecule has 312 valence electrons. The lowest BCUT2D eigenvalue weighted by atomic mass is 9.80. The van der Waals surface area contributed by atoms with Crippen LogP contribution in [0.5, 0.6) is 0 Å². The average Bonchev–Trinajstić information content (AvgIpc) is 3.74. The van der Waals surface area contributed by atoms with E-state index in [4.69, 9.17) is 9.97 Å². The van der Waals surface area contributed by atoms with E-state index in [1.165, 1.54) is 93.9 Å². The third-order valence-corrected chi connectivity index (χ3v) is 14.9. The van der Waals surface area contributed by atoms with E-state index in [-0.39, 0.29) is 10.8 Å². The molecular weight excluding hydrogens is 797 g/mol. The Hall–Kier alpha value is -7.94. The summed E-state index contributed by atoms with van der Waals surface area (Å²) in [5.41, 5.74) is 23.5. The Kier molecular flexibility index (Phi) is 8.33. The highest BCUT2D eigenvalue weighted by atomic mass is 14.8. The van der Waals surface area contributed by atoms with Crippen molar-refractivity contribution in [3.8, 4) is 78.1 Å². The number of benzene rings is 10. The molecule has 1 heterocycles. The third-order valence-electron chi connectivity index (χ3n) is 14.9. The predicted molar refractivity (Wildman–Crippen MR) is 277 cm³/mol. The van der Waals surface area contributed by atoms with Crippen LogP contribution in [-0.4, -0.2) is 9.97 Å². The molecule has 0 amide bonds. The molecule has 0 atom stereocenters. The zero-order valence-corrected chi connectivity index (χ0v) is 37.5. The van der Waals surface area contributed by atoms with Crippen molar-refractivity contribution in [1.29, 1.82) is 0 Å². The van der Waals surface area contributed by atoms with Crippen LogP contribution in [-0.2, 0) is 10.8 Å². The van der Waals surface area contributed by atoms with Gasteiger partial charge in [0.15, 0.2) is 0 Å². The minimum Gasteiger partial charge on any atom is -0.244 e. The molecule has 0 N–H and O–H groups in total. The van der Waals surface area contributed by atoms with Crippen LogP contribution in [0.3, 0.4) is 0 Å². The van der Waals surface area contributed by atoms with Crippen molar-refractivity contribution in [2.75, 3.05) is 0 Å². The summed E-state index contributed by atoms with van der Waals surface area (Å²) in [6, 6.07) is 75.9. The molecule has 0 spiro atoms. The molecule has 13 rings (SSSR count).